The second-order valence-electron chi connectivity index (χ2n) is 6.22. The number of aryl methyl sites for hydroxylation is 1. The lowest BCUT2D eigenvalue weighted by Gasteiger charge is -2.13. The molecule has 0 bridgehead atoms. The van der Waals surface area contributed by atoms with Gasteiger partial charge in [0.25, 0.3) is 10.0 Å². The minimum absolute atomic E-state index is 0.0550. The number of para-hydroxylation sites is 1. The Labute approximate surface area is 176 Å². The number of benzene rings is 2. The van der Waals surface area contributed by atoms with E-state index in [1.165, 1.54) is 24.4 Å². The summed E-state index contributed by atoms with van der Waals surface area (Å²) in [6.07, 6.45) is 3.20. The summed E-state index contributed by atoms with van der Waals surface area (Å²) >= 11 is 1.16. The molecule has 2 aromatic heterocycles. The van der Waals surface area contributed by atoms with Gasteiger partial charge in [-0.1, -0.05) is 18.2 Å². The molecule has 0 fully saturated rings. The maximum Gasteiger partial charge on any atom is 0.263 e. The number of rotatable bonds is 6. The highest BCUT2D eigenvalue weighted by atomic mass is 32.2. The number of nitrogens with zero attached hydrogens (tertiary/aromatic N) is 3. The molecule has 0 aliphatic heterocycles. The van der Waals surface area contributed by atoms with Crippen LogP contribution in [0.4, 0.5) is 5.13 Å². The second-order valence-corrected chi connectivity index (χ2v) is 8.80. The van der Waals surface area contributed by atoms with Crippen molar-refractivity contribution in [2.24, 2.45) is 0 Å². The van der Waals surface area contributed by atoms with Crippen LogP contribution >= 0.6 is 11.3 Å². The predicted molar refractivity (Wildman–Crippen MR) is 113 cm³/mol. The fourth-order valence-corrected chi connectivity index (χ4v) is 4.63. The zero-order valence-corrected chi connectivity index (χ0v) is 17.3. The highest BCUT2D eigenvalue weighted by Crippen LogP contribution is 2.36. The van der Waals surface area contributed by atoms with Crippen LogP contribution in [0.25, 0.3) is 11.1 Å². The van der Waals surface area contributed by atoms with Crippen molar-refractivity contribution in [2.45, 2.75) is 11.8 Å². The summed E-state index contributed by atoms with van der Waals surface area (Å²) in [5.74, 6) is 0.773. The molecule has 0 amide bonds. The van der Waals surface area contributed by atoms with Gasteiger partial charge in [0, 0.05) is 28.4 Å². The molecule has 0 aliphatic carbocycles. The molecule has 2 N–H and O–H groups in total. The molecular formula is C20H15N5O3S2. The van der Waals surface area contributed by atoms with Crippen LogP contribution < -0.4 is 9.46 Å². The monoisotopic (exact) mass is 437 g/mol. The van der Waals surface area contributed by atoms with Gasteiger partial charge in [0.1, 0.15) is 17.6 Å². The van der Waals surface area contributed by atoms with E-state index in [1.54, 1.807) is 17.6 Å². The van der Waals surface area contributed by atoms with E-state index in [1.807, 2.05) is 31.2 Å². The zero-order chi connectivity index (χ0) is 21.1. The number of nitrogens with one attached hydrogen (secondary N) is 2. The molecule has 0 spiro atoms. The Morgan fingerprint density at radius 1 is 1.17 bits per heavy atom. The summed E-state index contributed by atoms with van der Waals surface area (Å²) in [6.45, 7) is 1.90. The SMILES string of the molecule is Cc1[nH]ncc1-c1ccccc1Oc1ccc(S(=O)(=O)Nc2nccs2)cc1C#N. The van der Waals surface area contributed by atoms with Crippen LogP contribution in [0.5, 0.6) is 11.5 Å². The first-order chi connectivity index (χ1) is 14.5. The largest absolute Gasteiger partial charge is 0.455 e. The van der Waals surface area contributed by atoms with Crippen LogP contribution in [0, 0.1) is 18.3 Å². The third kappa shape index (κ3) is 3.89. The van der Waals surface area contributed by atoms with E-state index in [2.05, 4.69) is 19.9 Å². The number of thiazole rings is 1. The molecule has 0 atom stereocenters. The van der Waals surface area contributed by atoms with Crippen LogP contribution in [0.1, 0.15) is 11.3 Å². The molecule has 4 aromatic rings. The predicted octanol–water partition coefficient (Wildman–Crippen LogP) is 4.31. The van der Waals surface area contributed by atoms with E-state index in [9.17, 15) is 13.7 Å². The van der Waals surface area contributed by atoms with Gasteiger partial charge in [0.05, 0.1) is 16.7 Å². The number of hydrogen-bond acceptors (Lipinski definition) is 7. The molecule has 0 radical (unpaired) electrons. The number of hydrogen-bond donors (Lipinski definition) is 2. The highest BCUT2D eigenvalue weighted by Gasteiger charge is 2.19. The van der Waals surface area contributed by atoms with Crippen molar-refractivity contribution in [3.05, 3.63) is 71.5 Å². The highest BCUT2D eigenvalue weighted by molar-refractivity contribution is 7.93. The van der Waals surface area contributed by atoms with Gasteiger partial charge in [0.2, 0.25) is 0 Å². The van der Waals surface area contributed by atoms with E-state index in [4.69, 9.17) is 4.74 Å². The Balaban J connectivity index is 1.68. The number of nitriles is 1. The molecule has 10 heteroatoms. The standard InChI is InChI=1S/C20H15N5O3S2/c1-13-17(12-23-24-13)16-4-2-3-5-19(16)28-18-7-6-15(10-14(18)11-21)30(26,27)25-20-22-8-9-29-20/h2-10,12H,1H3,(H,22,25)(H,23,24). The van der Waals surface area contributed by atoms with Crippen molar-refractivity contribution in [1.29, 1.82) is 5.26 Å². The van der Waals surface area contributed by atoms with Crippen LogP contribution in [0.3, 0.4) is 0 Å². The smallest absolute Gasteiger partial charge is 0.263 e. The van der Waals surface area contributed by atoms with Crippen molar-refractivity contribution in [3.8, 4) is 28.7 Å². The van der Waals surface area contributed by atoms with E-state index < -0.39 is 10.0 Å². The molecule has 0 aliphatic rings. The summed E-state index contributed by atoms with van der Waals surface area (Å²) in [4.78, 5) is 3.86. The van der Waals surface area contributed by atoms with Crippen molar-refractivity contribution >= 4 is 26.5 Å². The van der Waals surface area contributed by atoms with Crippen molar-refractivity contribution in [2.75, 3.05) is 4.72 Å². The molecule has 2 heterocycles. The van der Waals surface area contributed by atoms with Gasteiger partial charge in [-0.2, -0.15) is 10.4 Å². The van der Waals surface area contributed by atoms with Gasteiger partial charge in [-0.15, -0.1) is 11.3 Å². The average Bonchev–Trinajstić information content (AvgIpc) is 3.40. The minimum Gasteiger partial charge on any atom is -0.455 e. The number of ether oxygens (including phenoxy) is 1. The molecule has 4 rings (SSSR count). The maximum absolute atomic E-state index is 12.6. The number of aromatic amines is 1. The van der Waals surface area contributed by atoms with E-state index >= 15 is 0 Å². The molecule has 30 heavy (non-hydrogen) atoms. The lowest BCUT2D eigenvalue weighted by Crippen LogP contribution is -2.13. The van der Waals surface area contributed by atoms with Crippen LogP contribution in [-0.2, 0) is 10.0 Å². The Bertz CT molecular complexity index is 1340. The van der Waals surface area contributed by atoms with E-state index in [0.29, 0.717) is 5.75 Å². The zero-order valence-electron chi connectivity index (χ0n) is 15.7. The van der Waals surface area contributed by atoms with Crippen molar-refractivity contribution < 1.29 is 13.2 Å². The molecule has 2 aromatic carbocycles. The second kappa shape index (κ2) is 7.98. The van der Waals surface area contributed by atoms with Crippen LogP contribution in [0.2, 0.25) is 0 Å². The van der Waals surface area contributed by atoms with Crippen LogP contribution in [0.15, 0.2) is 65.1 Å². The summed E-state index contributed by atoms with van der Waals surface area (Å²) in [6, 6.07) is 13.5. The van der Waals surface area contributed by atoms with Crippen molar-refractivity contribution in [3.63, 3.8) is 0 Å². The fraction of sp³-hybridized carbons (Fsp3) is 0.0500. The average molecular weight is 438 g/mol. The van der Waals surface area contributed by atoms with Crippen LogP contribution in [-0.4, -0.2) is 23.6 Å². The third-order valence-corrected chi connectivity index (χ3v) is 6.42. The van der Waals surface area contributed by atoms with E-state index in [0.717, 1.165) is 28.2 Å². The quantitative estimate of drug-likeness (QED) is 0.464. The summed E-state index contributed by atoms with van der Waals surface area (Å²) in [5, 5.41) is 18.4. The van der Waals surface area contributed by atoms with Gasteiger partial charge in [-0.25, -0.2) is 13.4 Å². The molecule has 0 saturated heterocycles. The van der Waals surface area contributed by atoms with Crippen molar-refractivity contribution in [1.82, 2.24) is 15.2 Å². The topological polar surface area (TPSA) is 121 Å². The summed E-state index contributed by atoms with van der Waals surface area (Å²) < 4.78 is 33.5. The maximum atomic E-state index is 12.6. The van der Waals surface area contributed by atoms with Gasteiger partial charge in [-0.05, 0) is 31.2 Å². The Morgan fingerprint density at radius 3 is 2.70 bits per heavy atom. The molecule has 8 nitrogen and oxygen atoms in total. The third-order valence-electron chi connectivity index (χ3n) is 4.26. The number of H-pyrrole nitrogens is 1. The lowest BCUT2D eigenvalue weighted by atomic mass is 10.1. The molecule has 0 unspecified atom stereocenters. The Morgan fingerprint density at radius 2 is 2.00 bits per heavy atom. The number of anilines is 1. The fourth-order valence-electron chi connectivity index (χ4n) is 2.82. The first kappa shape index (κ1) is 19.6. The first-order valence-corrected chi connectivity index (χ1v) is 11.1. The minimum atomic E-state index is -3.88. The molecule has 0 saturated carbocycles. The summed E-state index contributed by atoms with van der Waals surface area (Å²) in [5.41, 5.74) is 2.64. The van der Waals surface area contributed by atoms with Gasteiger partial charge in [0.15, 0.2) is 5.13 Å². The molecule has 150 valence electrons. The summed E-state index contributed by atoms with van der Waals surface area (Å²) in [7, 11) is -3.88. The lowest BCUT2D eigenvalue weighted by molar-refractivity contribution is 0.482. The number of sulfonamides is 1. The normalized spacial score (nSPS) is 11.1. The first-order valence-electron chi connectivity index (χ1n) is 8.71. The van der Waals surface area contributed by atoms with Gasteiger partial charge in [-0.3, -0.25) is 9.82 Å². The number of aromatic nitrogens is 3. The van der Waals surface area contributed by atoms with Gasteiger partial charge >= 0.3 is 0 Å². The molecular weight excluding hydrogens is 422 g/mol. The van der Waals surface area contributed by atoms with E-state index in [-0.39, 0.29) is 21.3 Å². The Hall–Kier alpha value is -3.68. The van der Waals surface area contributed by atoms with Gasteiger partial charge < -0.3 is 4.74 Å². The Kier molecular flexibility index (Phi) is 5.22.